The third kappa shape index (κ3) is 2.85. The molecule has 0 aromatic heterocycles. The van der Waals surface area contributed by atoms with Crippen molar-refractivity contribution in [2.75, 3.05) is 31.6 Å². The number of aliphatic hydroxyl groups is 1. The Labute approximate surface area is 110 Å². The van der Waals surface area contributed by atoms with E-state index in [9.17, 15) is 5.11 Å². The molecule has 2 rings (SSSR count). The fourth-order valence-electron chi connectivity index (χ4n) is 2.43. The monoisotopic (exact) mass is 248 g/mol. The molecule has 1 aliphatic heterocycles. The first-order chi connectivity index (χ1) is 8.61. The van der Waals surface area contributed by atoms with E-state index in [2.05, 4.69) is 35.9 Å². The number of piperazine rings is 1. The van der Waals surface area contributed by atoms with Gasteiger partial charge in [0.2, 0.25) is 0 Å². The van der Waals surface area contributed by atoms with Gasteiger partial charge in [-0.3, -0.25) is 0 Å². The van der Waals surface area contributed by atoms with Gasteiger partial charge in [0.15, 0.2) is 0 Å². The van der Waals surface area contributed by atoms with Crippen LogP contribution in [0.2, 0.25) is 0 Å². The smallest absolute Gasteiger partial charge is 0.0787 e. The van der Waals surface area contributed by atoms with Crippen molar-refractivity contribution in [2.45, 2.75) is 32.4 Å². The summed E-state index contributed by atoms with van der Waals surface area (Å²) in [5.74, 6) is 0. The minimum atomic E-state index is -0.328. The van der Waals surface area contributed by atoms with Crippen molar-refractivity contribution >= 4 is 5.69 Å². The summed E-state index contributed by atoms with van der Waals surface area (Å²) in [7, 11) is 2.18. The molecule has 0 saturated carbocycles. The molecule has 2 atom stereocenters. The van der Waals surface area contributed by atoms with Crippen molar-refractivity contribution in [1.82, 2.24) is 4.90 Å². The molecule has 18 heavy (non-hydrogen) atoms. The van der Waals surface area contributed by atoms with E-state index in [-0.39, 0.29) is 6.10 Å². The molecular formula is C15H24N2O. The van der Waals surface area contributed by atoms with E-state index in [4.69, 9.17) is 0 Å². The Morgan fingerprint density at radius 3 is 2.50 bits per heavy atom. The first-order valence-corrected chi connectivity index (χ1v) is 6.85. The van der Waals surface area contributed by atoms with Gasteiger partial charge in [-0.25, -0.2) is 0 Å². The normalized spacial score (nSPS) is 23.1. The van der Waals surface area contributed by atoms with Crippen LogP contribution < -0.4 is 4.90 Å². The predicted octanol–water partition coefficient (Wildman–Crippen LogP) is 2.27. The molecule has 1 aliphatic rings. The van der Waals surface area contributed by atoms with Gasteiger partial charge < -0.3 is 14.9 Å². The third-order valence-corrected chi connectivity index (χ3v) is 3.99. The number of nitrogens with zero attached hydrogens (tertiary/aromatic N) is 2. The Hall–Kier alpha value is -1.06. The van der Waals surface area contributed by atoms with Gasteiger partial charge in [-0.1, -0.05) is 19.1 Å². The maximum Gasteiger partial charge on any atom is 0.0787 e. The van der Waals surface area contributed by atoms with E-state index in [1.165, 1.54) is 5.69 Å². The zero-order valence-electron chi connectivity index (χ0n) is 11.6. The summed E-state index contributed by atoms with van der Waals surface area (Å²) >= 11 is 0. The molecule has 0 amide bonds. The SMILES string of the molecule is CC[C@H](O)c1ccc(N2CCN(C)C(C)C2)cc1. The van der Waals surface area contributed by atoms with Crippen LogP contribution in [0.15, 0.2) is 24.3 Å². The Morgan fingerprint density at radius 2 is 1.94 bits per heavy atom. The first-order valence-electron chi connectivity index (χ1n) is 6.85. The highest BCUT2D eigenvalue weighted by Crippen LogP contribution is 2.22. The summed E-state index contributed by atoms with van der Waals surface area (Å²) in [6, 6.07) is 8.96. The molecule has 1 aromatic carbocycles. The summed E-state index contributed by atoms with van der Waals surface area (Å²) in [6.07, 6.45) is 0.440. The van der Waals surface area contributed by atoms with Gasteiger partial charge in [-0.15, -0.1) is 0 Å². The van der Waals surface area contributed by atoms with E-state index >= 15 is 0 Å². The number of anilines is 1. The molecule has 0 spiro atoms. The number of hydrogen-bond acceptors (Lipinski definition) is 3. The van der Waals surface area contributed by atoms with Crippen molar-refractivity contribution in [1.29, 1.82) is 0 Å². The van der Waals surface area contributed by atoms with Crippen molar-refractivity contribution in [3.63, 3.8) is 0 Å². The molecule has 1 fully saturated rings. The average molecular weight is 248 g/mol. The summed E-state index contributed by atoms with van der Waals surface area (Å²) in [6.45, 7) is 7.53. The molecule has 0 bridgehead atoms. The van der Waals surface area contributed by atoms with E-state index in [0.717, 1.165) is 31.6 Å². The molecule has 100 valence electrons. The van der Waals surface area contributed by atoms with Crippen molar-refractivity contribution in [3.05, 3.63) is 29.8 Å². The number of likely N-dealkylation sites (N-methyl/N-ethyl adjacent to an activating group) is 1. The summed E-state index contributed by atoms with van der Waals surface area (Å²) in [5.41, 5.74) is 2.28. The van der Waals surface area contributed by atoms with Crippen LogP contribution in [0.4, 0.5) is 5.69 Å². The van der Waals surface area contributed by atoms with Gasteiger partial charge in [-0.05, 0) is 38.1 Å². The summed E-state index contributed by atoms with van der Waals surface area (Å²) < 4.78 is 0. The minimum Gasteiger partial charge on any atom is -0.388 e. The van der Waals surface area contributed by atoms with Crippen LogP contribution in [0, 0.1) is 0 Å². The molecule has 1 saturated heterocycles. The lowest BCUT2D eigenvalue weighted by Crippen LogP contribution is -2.50. The lowest BCUT2D eigenvalue weighted by molar-refractivity contribution is 0.173. The molecule has 3 nitrogen and oxygen atoms in total. The van der Waals surface area contributed by atoms with E-state index < -0.39 is 0 Å². The van der Waals surface area contributed by atoms with Crippen LogP contribution >= 0.6 is 0 Å². The predicted molar refractivity (Wildman–Crippen MR) is 76.0 cm³/mol. The van der Waals surface area contributed by atoms with Crippen LogP contribution in [-0.2, 0) is 0 Å². The highest BCUT2D eigenvalue weighted by atomic mass is 16.3. The Morgan fingerprint density at radius 1 is 1.28 bits per heavy atom. The van der Waals surface area contributed by atoms with Crippen LogP contribution in [0.3, 0.4) is 0 Å². The van der Waals surface area contributed by atoms with Gasteiger partial charge in [0.25, 0.3) is 0 Å². The van der Waals surface area contributed by atoms with E-state index in [0.29, 0.717) is 6.04 Å². The van der Waals surface area contributed by atoms with Crippen LogP contribution in [-0.4, -0.2) is 42.7 Å². The van der Waals surface area contributed by atoms with Crippen molar-refractivity contribution < 1.29 is 5.11 Å². The molecular weight excluding hydrogens is 224 g/mol. The Balaban J connectivity index is 2.06. The van der Waals surface area contributed by atoms with Gasteiger partial charge in [-0.2, -0.15) is 0 Å². The zero-order valence-corrected chi connectivity index (χ0v) is 11.6. The summed E-state index contributed by atoms with van der Waals surface area (Å²) in [4.78, 5) is 4.82. The van der Waals surface area contributed by atoms with Crippen LogP contribution in [0.1, 0.15) is 31.9 Å². The zero-order chi connectivity index (χ0) is 13.1. The number of aliphatic hydroxyl groups excluding tert-OH is 1. The number of rotatable bonds is 3. The Bertz CT molecular complexity index is 377. The minimum absolute atomic E-state index is 0.328. The van der Waals surface area contributed by atoms with Crippen LogP contribution in [0.25, 0.3) is 0 Å². The first kappa shape index (κ1) is 13.4. The maximum atomic E-state index is 9.79. The number of benzene rings is 1. The third-order valence-electron chi connectivity index (χ3n) is 3.99. The second-order valence-corrected chi connectivity index (χ2v) is 5.29. The van der Waals surface area contributed by atoms with Gasteiger partial charge in [0.1, 0.15) is 0 Å². The van der Waals surface area contributed by atoms with Gasteiger partial charge in [0, 0.05) is 31.4 Å². The Kier molecular flexibility index (Phi) is 4.25. The van der Waals surface area contributed by atoms with Gasteiger partial charge in [0.05, 0.1) is 6.10 Å². The highest BCUT2D eigenvalue weighted by molar-refractivity contribution is 5.48. The molecule has 0 aliphatic carbocycles. The molecule has 0 radical (unpaired) electrons. The molecule has 1 heterocycles. The maximum absolute atomic E-state index is 9.79. The quantitative estimate of drug-likeness (QED) is 0.889. The lowest BCUT2D eigenvalue weighted by Gasteiger charge is -2.39. The fraction of sp³-hybridized carbons (Fsp3) is 0.600. The topological polar surface area (TPSA) is 26.7 Å². The van der Waals surface area contributed by atoms with Crippen LogP contribution in [0.5, 0.6) is 0 Å². The second kappa shape index (κ2) is 5.72. The van der Waals surface area contributed by atoms with Gasteiger partial charge >= 0.3 is 0 Å². The molecule has 1 aromatic rings. The van der Waals surface area contributed by atoms with E-state index in [1.54, 1.807) is 0 Å². The largest absolute Gasteiger partial charge is 0.388 e. The molecule has 1 N–H and O–H groups in total. The van der Waals surface area contributed by atoms with Crippen molar-refractivity contribution in [2.24, 2.45) is 0 Å². The standard InChI is InChI=1S/C15H24N2O/c1-4-15(18)13-5-7-14(8-6-13)17-10-9-16(3)12(2)11-17/h5-8,12,15,18H,4,9-11H2,1-3H3/t12?,15-/m0/s1. The lowest BCUT2D eigenvalue weighted by atomic mass is 10.1. The highest BCUT2D eigenvalue weighted by Gasteiger charge is 2.20. The number of hydrogen-bond donors (Lipinski definition) is 1. The molecule has 3 heteroatoms. The van der Waals surface area contributed by atoms with Crippen molar-refractivity contribution in [3.8, 4) is 0 Å². The second-order valence-electron chi connectivity index (χ2n) is 5.29. The van der Waals surface area contributed by atoms with E-state index in [1.807, 2.05) is 19.1 Å². The fourth-order valence-corrected chi connectivity index (χ4v) is 2.43. The molecule has 1 unspecified atom stereocenters. The average Bonchev–Trinajstić information content (AvgIpc) is 2.41. The summed E-state index contributed by atoms with van der Waals surface area (Å²) in [5, 5.41) is 9.79.